The van der Waals surface area contributed by atoms with Crippen molar-refractivity contribution in [3.05, 3.63) is 0 Å². The average molecular weight is 276 g/mol. The molecular formula is C11H24N4O2S. The van der Waals surface area contributed by atoms with E-state index in [0.29, 0.717) is 6.54 Å². The summed E-state index contributed by atoms with van der Waals surface area (Å²) in [6.07, 6.45) is 0.920. The molecule has 6 nitrogen and oxygen atoms in total. The number of nitrogens with one attached hydrogen (secondary N) is 2. The van der Waals surface area contributed by atoms with Crippen LogP contribution in [0.2, 0.25) is 0 Å². The summed E-state index contributed by atoms with van der Waals surface area (Å²) in [6.45, 7) is 6.25. The highest BCUT2D eigenvalue weighted by molar-refractivity contribution is 7.89. The van der Waals surface area contributed by atoms with Crippen LogP contribution in [0.1, 0.15) is 6.42 Å². The van der Waals surface area contributed by atoms with E-state index in [1.165, 1.54) is 0 Å². The minimum Gasteiger partial charge on any atom is -0.314 e. The number of nitrogens with zero attached hydrogens (tertiary/aromatic N) is 2. The molecule has 0 aliphatic carbocycles. The molecule has 2 heterocycles. The fourth-order valence-corrected chi connectivity index (χ4v) is 3.84. The number of hydrogen-bond donors (Lipinski definition) is 2. The summed E-state index contributed by atoms with van der Waals surface area (Å²) in [5.74, 6) is 0.215. The third-order valence-corrected chi connectivity index (χ3v) is 5.04. The molecule has 106 valence electrons. The summed E-state index contributed by atoms with van der Waals surface area (Å²) in [5.41, 5.74) is 0. The van der Waals surface area contributed by atoms with Gasteiger partial charge in [-0.2, -0.15) is 0 Å². The van der Waals surface area contributed by atoms with Gasteiger partial charge in [0.05, 0.1) is 5.75 Å². The van der Waals surface area contributed by atoms with Crippen molar-refractivity contribution < 1.29 is 8.42 Å². The summed E-state index contributed by atoms with van der Waals surface area (Å²) in [7, 11) is -1.10. The molecule has 1 atom stereocenters. The number of rotatable bonds is 5. The lowest BCUT2D eigenvalue weighted by molar-refractivity contribution is 0.253. The van der Waals surface area contributed by atoms with Gasteiger partial charge in [0.25, 0.3) is 0 Å². The molecule has 2 aliphatic rings. The van der Waals surface area contributed by atoms with Crippen LogP contribution in [-0.4, -0.2) is 82.9 Å². The van der Waals surface area contributed by atoms with E-state index in [2.05, 4.69) is 19.8 Å². The summed E-state index contributed by atoms with van der Waals surface area (Å²) >= 11 is 0. The molecule has 2 N–H and O–H groups in total. The van der Waals surface area contributed by atoms with Crippen molar-refractivity contribution in [1.29, 1.82) is 0 Å². The van der Waals surface area contributed by atoms with E-state index in [0.717, 1.165) is 45.7 Å². The maximum absolute atomic E-state index is 12.0. The largest absolute Gasteiger partial charge is 0.314 e. The monoisotopic (exact) mass is 276 g/mol. The maximum Gasteiger partial charge on any atom is 0.213 e. The average Bonchev–Trinajstić information content (AvgIpc) is 2.73. The molecule has 2 aliphatic heterocycles. The molecule has 0 aromatic heterocycles. The van der Waals surface area contributed by atoms with Crippen molar-refractivity contribution in [2.75, 3.05) is 58.6 Å². The molecule has 2 fully saturated rings. The first-order valence-corrected chi connectivity index (χ1v) is 8.32. The van der Waals surface area contributed by atoms with Crippen LogP contribution in [0, 0.1) is 0 Å². The van der Waals surface area contributed by atoms with Crippen LogP contribution in [0.4, 0.5) is 0 Å². The SMILES string of the molecule is CN1CCC(NS(=O)(=O)CCN2CCNCC2)C1. The van der Waals surface area contributed by atoms with Crippen LogP contribution in [0.5, 0.6) is 0 Å². The van der Waals surface area contributed by atoms with Crippen molar-refractivity contribution in [3.63, 3.8) is 0 Å². The second-order valence-electron chi connectivity index (χ2n) is 5.28. The fourth-order valence-electron chi connectivity index (χ4n) is 2.53. The van der Waals surface area contributed by atoms with Gasteiger partial charge in [-0.3, -0.25) is 4.90 Å². The van der Waals surface area contributed by atoms with E-state index < -0.39 is 10.0 Å². The molecule has 0 bridgehead atoms. The van der Waals surface area contributed by atoms with Gasteiger partial charge in [-0.25, -0.2) is 13.1 Å². The normalized spacial score (nSPS) is 27.7. The molecule has 2 rings (SSSR count). The lowest BCUT2D eigenvalue weighted by Crippen LogP contribution is -2.46. The van der Waals surface area contributed by atoms with Gasteiger partial charge in [0.1, 0.15) is 0 Å². The van der Waals surface area contributed by atoms with Gasteiger partial charge in [-0.15, -0.1) is 0 Å². The Morgan fingerprint density at radius 2 is 2.00 bits per heavy atom. The molecule has 7 heteroatoms. The zero-order valence-corrected chi connectivity index (χ0v) is 11.9. The van der Waals surface area contributed by atoms with Crippen LogP contribution in [0.15, 0.2) is 0 Å². The van der Waals surface area contributed by atoms with E-state index in [1.54, 1.807) is 0 Å². The topological polar surface area (TPSA) is 64.7 Å². The summed E-state index contributed by atoms with van der Waals surface area (Å²) in [4.78, 5) is 4.36. The molecule has 0 amide bonds. The van der Waals surface area contributed by atoms with Crippen molar-refractivity contribution >= 4 is 10.0 Å². The minimum absolute atomic E-state index is 0.100. The Bertz CT molecular complexity index is 354. The Morgan fingerprint density at radius 1 is 1.28 bits per heavy atom. The van der Waals surface area contributed by atoms with Crippen LogP contribution >= 0.6 is 0 Å². The molecule has 0 aromatic carbocycles. The zero-order valence-electron chi connectivity index (χ0n) is 11.1. The van der Waals surface area contributed by atoms with Crippen molar-refractivity contribution in [1.82, 2.24) is 19.8 Å². The highest BCUT2D eigenvalue weighted by Crippen LogP contribution is 2.07. The highest BCUT2D eigenvalue weighted by atomic mass is 32.2. The fraction of sp³-hybridized carbons (Fsp3) is 1.00. The van der Waals surface area contributed by atoms with Gasteiger partial charge >= 0.3 is 0 Å². The van der Waals surface area contributed by atoms with Gasteiger partial charge in [-0.05, 0) is 20.0 Å². The van der Waals surface area contributed by atoms with Crippen LogP contribution in [0.25, 0.3) is 0 Å². The smallest absolute Gasteiger partial charge is 0.213 e. The molecule has 0 aromatic rings. The molecule has 0 saturated carbocycles. The quantitative estimate of drug-likeness (QED) is 0.641. The number of piperazine rings is 1. The number of hydrogen-bond acceptors (Lipinski definition) is 5. The van der Waals surface area contributed by atoms with Crippen molar-refractivity contribution in [2.45, 2.75) is 12.5 Å². The lowest BCUT2D eigenvalue weighted by atomic mass is 10.3. The molecule has 0 radical (unpaired) electrons. The Hall–Kier alpha value is -0.210. The Labute approximate surface area is 110 Å². The standard InChI is InChI=1S/C11H24N4O2S/c1-14-5-2-11(10-14)13-18(16,17)9-8-15-6-3-12-4-7-15/h11-13H,2-10H2,1H3. The van der Waals surface area contributed by atoms with Crippen molar-refractivity contribution in [3.8, 4) is 0 Å². The van der Waals surface area contributed by atoms with Crippen LogP contribution in [-0.2, 0) is 10.0 Å². The van der Waals surface area contributed by atoms with E-state index in [9.17, 15) is 8.42 Å². The number of likely N-dealkylation sites (N-methyl/N-ethyl adjacent to an activating group) is 1. The second-order valence-corrected chi connectivity index (χ2v) is 7.15. The van der Waals surface area contributed by atoms with Gasteiger partial charge in [0.15, 0.2) is 0 Å². The molecule has 2 saturated heterocycles. The molecule has 18 heavy (non-hydrogen) atoms. The number of sulfonamides is 1. The predicted octanol–water partition coefficient (Wildman–Crippen LogP) is -1.48. The van der Waals surface area contributed by atoms with E-state index in [1.807, 2.05) is 7.05 Å². The molecule has 1 unspecified atom stereocenters. The Kier molecular flexibility index (Phi) is 4.97. The van der Waals surface area contributed by atoms with E-state index >= 15 is 0 Å². The summed E-state index contributed by atoms with van der Waals surface area (Å²) in [5, 5.41) is 3.26. The minimum atomic E-state index is -3.13. The van der Waals surface area contributed by atoms with Gasteiger partial charge in [-0.1, -0.05) is 0 Å². The third-order valence-electron chi connectivity index (χ3n) is 3.62. The van der Waals surface area contributed by atoms with Crippen LogP contribution in [0.3, 0.4) is 0 Å². The second kappa shape index (κ2) is 6.29. The highest BCUT2D eigenvalue weighted by Gasteiger charge is 2.24. The Morgan fingerprint density at radius 3 is 2.61 bits per heavy atom. The first kappa shape index (κ1) is 14.2. The zero-order chi connectivity index (χ0) is 13.0. The maximum atomic E-state index is 12.0. The predicted molar refractivity (Wildman–Crippen MR) is 72.1 cm³/mol. The van der Waals surface area contributed by atoms with Gasteiger partial charge in [0, 0.05) is 45.3 Å². The first-order valence-electron chi connectivity index (χ1n) is 6.67. The summed E-state index contributed by atoms with van der Waals surface area (Å²) in [6, 6.07) is 0.100. The van der Waals surface area contributed by atoms with Gasteiger partial charge in [0.2, 0.25) is 10.0 Å². The lowest BCUT2D eigenvalue weighted by Gasteiger charge is -2.27. The van der Waals surface area contributed by atoms with Gasteiger partial charge < -0.3 is 10.2 Å². The van der Waals surface area contributed by atoms with Crippen LogP contribution < -0.4 is 10.0 Å². The van der Waals surface area contributed by atoms with E-state index in [-0.39, 0.29) is 11.8 Å². The third kappa shape index (κ3) is 4.47. The molecular weight excluding hydrogens is 252 g/mol. The van der Waals surface area contributed by atoms with Crippen molar-refractivity contribution in [2.24, 2.45) is 0 Å². The number of likely N-dealkylation sites (tertiary alicyclic amines) is 1. The summed E-state index contributed by atoms with van der Waals surface area (Å²) < 4.78 is 26.7. The first-order chi connectivity index (χ1) is 8.55. The van der Waals surface area contributed by atoms with E-state index in [4.69, 9.17) is 0 Å². The molecule has 0 spiro atoms. The Balaban J connectivity index is 1.73.